The predicted octanol–water partition coefficient (Wildman–Crippen LogP) is 1.49. The first-order chi connectivity index (χ1) is 6.22. The van der Waals surface area contributed by atoms with Gasteiger partial charge in [-0.2, -0.15) is 0 Å². The van der Waals surface area contributed by atoms with Crippen LogP contribution in [0.3, 0.4) is 0 Å². The van der Waals surface area contributed by atoms with Crippen molar-refractivity contribution in [3.63, 3.8) is 0 Å². The monoisotopic (exact) mass is 183 g/mol. The van der Waals surface area contributed by atoms with Gasteiger partial charge in [0, 0.05) is 18.7 Å². The van der Waals surface area contributed by atoms with Crippen molar-refractivity contribution in [1.29, 1.82) is 0 Å². The number of nitrogens with zero attached hydrogens (tertiary/aromatic N) is 1. The van der Waals surface area contributed by atoms with Gasteiger partial charge in [0.05, 0.1) is 0 Å². The van der Waals surface area contributed by atoms with Gasteiger partial charge in [-0.25, -0.2) is 0 Å². The molecule has 4 atom stereocenters. The molecule has 0 bridgehead atoms. The van der Waals surface area contributed by atoms with E-state index in [-0.39, 0.29) is 0 Å². The summed E-state index contributed by atoms with van der Waals surface area (Å²) in [5.74, 6) is 1.49. The summed E-state index contributed by atoms with van der Waals surface area (Å²) >= 11 is 0. The Balaban J connectivity index is 1.86. The van der Waals surface area contributed by atoms with E-state index in [2.05, 4.69) is 18.7 Å². The van der Waals surface area contributed by atoms with Gasteiger partial charge in [0.25, 0.3) is 0 Å². The number of aliphatic hydroxyl groups excluding tert-OH is 1. The molecule has 1 heterocycles. The second-order valence-electron chi connectivity index (χ2n) is 4.96. The van der Waals surface area contributed by atoms with Gasteiger partial charge in [0.2, 0.25) is 0 Å². The van der Waals surface area contributed by atoms with Crippen LogP contribution in [0.1, 0.15) is 33.1 Å². The summed E-state index contributed by atoms with van der Waals surface area (Å²) in [5.41, 5.74) is 0. The Morgan fingerprint density at radius 3 is 2.62 bits per heavy atom. The second kappa shape index (κ2) is 3.58. The first-order valence-corrected chi connectivity index (χ1v) is 5.59. The van der Waals surface area contributed by atoms with Crippen LogP contribution in [0.15, 0.2) is 0 Å². The Morgan fingerprint density at radius 1 is 1.31 bits per heavy atom. The minimum absolute atomic E-state index is 0.392. The Bertz CT molecular complexity index is 181. The van der Waals surface area contributed by atoms with E-state index in [9.17, 15) is 0 Å². The van der Waals surface area contributed by atoms with Crippen molar-refractivity contribution in [2.45, 2.75) is 45.2 Å². The fourth-order valence-electron chi connectivity index (χ4n) is 2.75. The smallest absolute Gasteiger partial charge is 0.0474 e. The molecule has 76 valence electrons. The molecule has 1 N–H and O–H groups in total. The fourth-order valence-corrected chi connectivity index (χ4v) is 2.75. The molecule has 4 unspecified atom stereocenters. The summed E-state index contributed by atoms with van der Waals surface area (Å²) in [4.78, 5) is 2.61. The third-order valence-corrected chi connectivity index (χ3v) is 3.74. The van der Waals surface area contributed by atoms with Gasteiger partial charge in [-0.15, -0.1) is 0 Å². The maximum Gasteiger partial charge on any atom is 0.0474 e. The summed E-state index contributed by atoms with van der Waals surface area (Å²) in [5, 5.41) is 9.02. The predicted molar refractivity (Wildman–Crippen MR) is 53.5 cm³/mol. The number of rotatable bonds is 2. The highest BCUT2D eigenvalue weighted by molar-refractivity contribution is 4.97. The molecule has 0 aromatic carbocycles. The molecule has 1 saturated heterocycles. The summed E-state index contributed by atoms with van der Waals surface area (Å²) < 4.78 is 0. The summed E-state index contributed by atoms with van der Waals surface area (Å²) in [6.45, 7) is 6.33. The van der Waals surface area contributed by atoms with Crippen LogP contribution < -0.4 is 0 Å². The number of likely N-dealkylation sites (tertiary alicyclic amines) is 1. The molecule has 1 aliphatic carbocycles. The molecule has 2 heteroatoms. The quantitative estimate of drug-likeness (QED) is 0.701. The van der Waals surface area contributed by atoms with Gasteiger partial charge >= 0.3 is 0 Å². The van der Waals surface area contributed by atoms with Crippen LogP contribution in [0.2, 0.25) is 0 Å². The molecule has 0 spiro atoms. The van der Waals surface area contributed by atoms with Crippen molar-refractivity contribution in [2.24, 2.45) is 11.8 Å². The number of aliphatic hydroxyl groups is 1. The van der Waals surface area contributed by atoms with Crippen LogP contribution in [-0.4, -0.2) is 35.2 Å². The van der Waals surface area contributed by atoms with Crippen molar-refractivity contribution < 1.29 is 5.11 Å². The van der Waals surface area contributed by atoms with Crippen LogP contribution in [0, 0.1) is 11.8 Å². The minimum Gasteiger partial charge on any atom is -0.396 e. The molecule has 0 amide bonds. The van der Waals surface area contributed by atoms with Crippen molar-refractivity contribution >= 4 is 0 Å². The lowest BCUT2D eigenvalue weighted by Crippen LogP contribution is -2.42. The third-order valence-electron chi connectivity index (χ3n) is 3.74. The van der Waals surface area contributed by atoms with E-state index in [0.717, 1.165) is 12.0 Å². The molecular formula is C11H21NO. The first-order valence-electron chi connectivity index (χ1n) is 5.59. The normalized spacial score (nSPS) is 46.4. The van der Waals surface area contributed by atoms with Crippen molar-refractivity contribution in [2.75, 3.05) is 13.2 Å². The van der Waals surface area contributed by atoms with Crippen LogP contribution in [0.4, 0.5) is 0 Å². The zero-order valence-corrected chi connectivity index (χ0v) is 8.74. The average molecular weight is 183 g/mol. The van der Waals surface area contributed by atoms with Gasteiger partial charge in [-0.05, 0) is 44.6 Å². The molecule has 13 heavy (non-hydrogen) atoms. The lowest BCUT2D eigenvalue weighted by Gasteiger charge is -2.37. The standard InChI is InChI=1S/C11H21NO/c1-8-3-4-12(9(2)5-8)11-6-10(11)7-13/h8-11,13H,3-7H2,1-2H3. The minimum atomic E-state index is 0.392. The van der Waals surface area contributed by atoms with Gasteiger partial charge in [0.1, 0.15) is 0 Å². The fraction of sp³-hybridized carbons (Fsp3) is 1.00. The summed E-state index contributed by atoms with van der Waals surface area (Å²) in [6.07, 6.45) is 3.92. The van der Waals surface area contributed by atoms with Crippen LogP contribution in [0.5, 0.6) is 0 Å². The molecule has 2 rings (SSSR count). The largest absolute Gasteiger partial charge is 0.396 e. The highest BCUT2D eigenvalue weighted by Crippen LogP contribution is 2.39. The van der Waals surface area contributed by atoms with E-state index >= 15 is 0 Å². The number of piperidine rings is 1. The molecule has 2 nitrogen and oxygen atoms in total. The maximum atomic E-state index is 9.02. The Kier molecular flexibility index (Phi) is 2.61. The zero-order chi connectivity index (χ0) is 9.42. The maximum absolute atomic E-state index is 9.02. The van der Waals surface area contributed by atoms with Gasteiger partial charge in [0.15, 0.2) is 0 Å². The van der Waals surface area contributed by atoms with E-state index in [1.54, 1.807) is 0 Å². The van der Waals surface area contributed by atoms with E-state index in [1.807, 2.05) is 0 Å². The second-order valence-corrected chi connectivity index (χ2v) is 4.96. The van der Waals surface area contributed by atoms with Crippen molar-refractivity contribution in [3.8, 4) is 0 Å². The molecule has 0 radical (unpaired) electrons. The van der Waals surface area contributed by atoms with Gasteiger partial charge < -0.3 is 5.11 Å². The molecule has 0 aromatic rings. The van der Waals surface area contributed by atoms with Gasteiger partial charge in [-0.1, -0.05) is 6.92 Å². The van der Waals surface area contributed by atoms with Crippen LogP contribution in [0.25, 0.3) is 0 Å². The topological polar surface area (TPSA) is 23.5 Å². The molecule has 2 aliphatic rings. The van der Waals surface area contributed by atoms with Crippen molar-refractivity contribution in [1.82, 2.24) is 4.90 Å². The van der Waals surface area contributed by atoms with E-state index in [4.69, 9.17) is 5.11 Å². The SMILES string of the molecule is CC1CCN(C2CC2CO)C(C)C1. The Morgan fingerprint density at radius 2 is 2.08 bits per heavy atom. The Hall–Kier alpha value is -0.0800. The molecule has 2 fully saturated rings. The van der Waals surface area contributed by atoms with Crippen LogP contribution in [-0.2, 0) is 0 Å². The van der Waals surface area contributed by atoms with Crippen LogP contribution >= 0.6 is 0 Å². The summed E-state index contributed by atoms with van der Waals surface area (Å²) in [7, 11) is 0. The first kappa shape index (κ1) is 9.47. The molecule has 1 saturated carbocycles. The zero-order valence-electron chi connectivity index (χ0n) is 8.74. The highest BCUT2D eigenvalue weighted by atomic mass is 16.3. The average Bonchev–Trinajstić information content (AvgIpc) is 2.83. The lowest BCUT2D eigenvalue weighted by molar-refractivity contribution is 0.109. The third kappa shape index (κ3) is 1.89. The number of hydrogen-bond donors (Lipinski definition) is 1. The van der Waals surface area contributed by atoms with Gasteiger partial charge in [-0.3, -0.25) is 4.90 Å². The molecular weight excluding hydrogens is 162 g/mol. The molecule has 1 aliphatic heterocycles. The van der Waals surface area contributed by atoms with E-state index in [1.165, 1.54) is 25.8 Å². The lowest BCUT2D eigenvalue weighted by atomic mass is 9.93. The Labute approximate surface area is 80.9 Å². The highest BCUT2D eigenvalue weighted by Gasteiger charge is 2.43. The van der Waals surface area contributed by atoms with E-state index in [0.29, 0.717) is 18.6 Å². The van der Waals surface area contributed by atoms with Crippen molar-refractivity contribution in [3.05, 3.63) is 0 Å². The number of hydrogen-bond acceptors (Lipinski definition) is 2. The summed E-state index contributed by atoms with van der Waals surface area (Å²) in [6, 6.07) is 1.46. The van der Waals surface area contributed by atoms with E-state index < -0.39 is 0 Å². The molecule has 0 aromatic heterocycles.